The van der Waals surface area contributed by atoms with Crippen molar-refractivity contribution in [2.45, 2.75) is 45.4 Å². The topological polar surface area (TPSA) is 63.8 Å². The molecule has 0 spiro atoms. The van der Waals surface area contributed by atoms with Crippen LogP contribution in [0.2, 0.25) is 0 Å². The summed E-state index contributed by atoms with van der Waals surface area (Å²) in [5, 5.41) is 1.15. The summed E-state index contributed by atoms with van der Waals surface area (Å²) >= 11 is 1.81. The molecule has 0 atom stereocenters. The maximum absolute atomic E-state index is 5.64. The largest absolute Gasteiger partial charge is 0.308 e. The Morgan fingerprint density at radius 1 is 1.22 bits per heavy atom. The number of nitrogens with one attached hydrogen (secondary N) is 1. The van der Waals surface area contributed by atoms with Crippen LogP contribution in [-0.2, 0) is 12.8 Å². The molecule has 5 heteroatoms. The predicted molar refractivity (Wildman–Crippen MR) is 76.0 cm³/mol. The maximum Gasteiger partial charge on any atom is 0.152 e. The van der Waals surface area contributed by atoms with Crippen molar-refractivity contribution in [1.82, 2.24) is 9.97 Å². The number of anilines is 1. The first-order chi connectivity index (χ1) is 8.70. The van der Waals surface area contributed by atoms with Crippen molar-refractivity contribution in [3.05, 3.63) is 16.3 Å². The first-order valence-electron chi connectivity index (χ1n) is 6.49. The van der Waals surface area contributed by atoms with Crippen molar-refractivity contribution in [1.29, 1.82) is 0 Å². The molecule has 1 aliphatic rings. The molecule has 4 nitrogen and oxygen atoms in total. The number of nitrogen functional groups attached to an aromatic ring is 1. The third-order valence-corrected chi connectivity index (χ3v) is 4.67. The van der Waals surface area contributed by atoms with Crippen LogP contribution in [-0.4, -0.2) is 9.97 Å². The zero-order chi connectivity index (χ0) is 12.7. The second-order valence-corrected chi connectivity index (χ2v) is 6.20. The van der Waals surface area contributed by atoms with Crippen molar-refractivity contribution in [2.24, 2.45) is 5.84 Å². The van der Waals surface area contributed by atoms with Gasteiger partial charge in [-0.1, -0.05) is 13.8 Å². The molecule has 0 aromatic carbocycles. The van der Waals surface area contributed by atoms with Gasteiger partial charge in [0.15, 0.2) is 5.82 Å². The van der Waals surface area contributed by atoms with Gasteiger partial charge in [-0.05, 0) is 31.2 Å². The highest BCUT2D eigenvalue weighted by Gasteiger charge is 2.21. The Morgan fingerprint density at radius 2 is 2.00 bits per heavy atom. The molecular weight excluding hydrogens is 244 g/mol. The zero-order valence-corrected chi connectivity index (χ0v) is 11.6. The average Bonchev–Trinajstić information content (AvgIpc) is 2.75. The van der Waals surface area contributed by atoms with E-state index in [0.29, 0.717) is 5.92 Å². The molecule has 0 saturated carbocycles. The molecule has 0 saturated heterocycles. The molecule has 3 N–H and O–H groups in total. The third-order valence-electron chi connectivity index (χ3n) is 3.49. The number of nitrogens with two attached hydrogens (primary N) is 1. The van der Waals surface area contributed by atoms with Crippen LogP contribution in [0.3, 0.4) is 0 Å². The molecule has 0 radical (unpaired) electrons. The fourth-order valence-electron chi connectivity index (χ4n) is 2.54. The van der Waals surface area contributed by atoms with Crippen LogP contribution in [0.15, 0.2) is 0 Å². The van der Waals surface area contributed by atoms with E-state index in [2.05, 4.69) is 24.3 Å². The number of rotatable bonds is 2. The van der Waals surface area contributed by atoms with Gasteiger partial charge in [0.2, 0.25) is 0 Å². The Bertz CT molecular complexity index is 588. The third kappa shape index (κ3) is 1.78. The van der Waals surface area contributed by atoms with Gasteiger partial charge in [-0.2, -0.15) is 0 Å². The van der Waals surface area contributed by atoms with Crippen LogP contribution in [0.25, 0.3) is 10.2 Å². The first kappa shape index (κ1) is 11.9. The van der Waals surface area contributed by atoms with E-state index < -0.39 is 0 Å². The van der Waals surface area contributed by atoms with Gasteiger partial charge in [0, 0.05) is 10.8 Å². The van der Waals surface area contributed by atoms with Crippen LogP contribution in [0, 0.1) is 0 Å². The first-order valence-corrected chi connectivity index (χ1v) is 7.31. The van der Waals surface area contributed by atoms with E-state index in [1.54, 1.807) is 0 Å². The predicted octanol–water partition coefficient (Wildman–Crippen LogP) is 2.98. The van der Waals surface area contributed by atoms with Gasteiger partial charge in [0.1, 0.15) is 10.7 Å². The van der Waals surface area contributed by atoms with Gasteiger partial charge in [0.05, 0.1) is 5.39 Å². The fraction of sp³-hybridized carbons (Fsp3) is 0.538. The lowest BCUT2D eigenvalue weighted by Crippen LogP contribution is -2.12. The highest BCUT2D eigenvalue weighted by molar-refractivity contribution is 7.19. The van der Waals surface area contributed by atoms with Crippen molar-refractivity contribution in [3.63, 3.8) is 0 Å². The van der Waals surface area contributed by atoms with Gasteiger partial charge in [0.25, 0.3) is 0 Å². The SMILES string of the molecule is CC(C)c1nc(NN)c2c3c(sc2n1)CCCC3. The summed E-state index contributed by atoms with van der Waals surface area (Å²) in [6, 6.07) is 0. The van der Waals surface area contributed by atoms with Crippen molar-refractivity contribution >= 4 is 27.4 Å². The number of thiophene rings is 1. The fourth-order valence-corrected chi connectivity index (χ4v) is 3.80. The summed E-state index contributed by atoms with van der Waals surface area (Å²) in [7, 11) is 0. The monoisotopic (exact) mass is 262 g/mol. The second-order valence-electron chi connectivity index (χ2n) is 5.12. The Labute approximate surface area is 111 Å². The summed E-state index contributed by atoms with van der Waals surface area (Å²) in [6.45, 7) is 4.21. The Kier molecular flexibility index (Phi) is 2.95. The molecule has 0 amide bonds. The van der Waals surface area contributed by atoms with E-state index in [9.17, 15) is 0 Å². The summed E-state index contributed by atoms with van der Waals surface area (Å²) in [5.41, 5.74) is 4.18. The number of nitrogens with zero attached hydrogens (tertiary/aromatic N) is 2. The molecule has 2 aromatic heterocycles. The Hall–Kier alpha value is -1.20. The lowest BCUT2D eigenvalue weighted by atomic mass is 9.97. The Balaban J connectivity index is 2.27. The van der Waals surface area contributed by atoms with Gasteiger partial charge >= 0.3 is 0 Å². The van der Waals surface area contributed by atoms with Crippen molar-refractivity contribution in [3.8, 4) is 0 Å². The molecule has 0 bridgehead atoms. The molecule has 18 heavy (non-hydrogen) atoms. The molecule has 2 heterocycles. The normalized spacial score (nSPS) is 15.1. The number of fused-ring (bicyclic) bond motifs is 3. The number of hydrazine groups is 1. The van der Waals surface area contributed by atoms with Crippen LogP contribution in [0.1, 0.15) is 48.9 Å². The van der Waals surface area contributed by atoms with Crippen LogP contribution in [0.5, 0.6) is 0 Å². The van der Waals surface area contributed by atoms with E-state index in [1.807, 2.05) is 11.3 Å². The minimum Gasteiger partial charge on any atom is -0.308 e. The van der Waals surface area contributed by atoms with Gasteiger partial charge in [-0.25, -0.2) is 15.8 Å². The van der Waals surface area contributed by atoms with E-state index in [1.165, 1.54) is 29.7 Å². The molecule has 0 aliphatic heterocycles. The minimum atomic E-state index is 0.320. The number of aryl methyl sites for hydroxylation is 2. The zero-order valence-electron chi connectivity index (χ0n) is 10.8. The van der Waals surface area contributed by atoms with Crippen LogP contribution >= 0.6 is 11.3 Å². The quantitative estimate of drug-likeness (QED) is 0.645. The van der Waals surface area contributed by atoms with E-state index >= 15 is 0 Å². The highest BCUT2D eigenvalue weighted by Crippen LogP contribution is 2.38. The smallest absolute Gasteiger partial charge is 0.152 e. The summed E-state index contributed by atoms with van der Waals surface area (Å²) in [4.78, 5) is 11.8. The molecule has 3 rings (SSSR count). The van der Waals surface area contributed by atoms with E-state index in [-0.39, 0.29) is 0 Å². The molecule has 1 aliphatic carbocycles. The van der Waals surface area contributed by atoms with Gasteiger partial charge in [-0.15, -0.1) is 11.3 Å². The average molecular weight is 262 g/mol. The van der Waals surface area contributed by atoms with Crippen molar-refractivity contribution in [2.75, 3.05) is 5.43 Å². The molecule has 0 fully saturated rings. The summed E-state index contributed by atoms with van der Waals surface area (Å²) < 4.78 is 0. The summed E-state index contributed by atoms with van der Waals surface area (Å²) in [5.74, 6) is 7.63. The van der Waals surface area contributed by atoms with Gasteiger partial charge in [-0.3, -0.25) is 0 Å². The van der Waals surface area contributed by atoms with E-state index in [0.717, 1.165) is 28.3 Å². The van der Waals surface area contributed by atoms with Crippen LogP contribution < -0.4 is 11.3 Å². The lowest BCUT2D eigenvalue weighted by molar-refractivity contribution is 0.700. The Morgan fingerprint density at radius 3 is 2.72 bits per heavy atom. The number of hydrogen-bond donors (Lipinski definition) is 2. The number of aromatic nitrogens is 2. The summed E-state index contributed by atoms with van der Waals surface area (Å²) in [6.07, 6.45) is 4.86. The highest BCUT2D eigenvalue weighted by atomic mass is 32.1. The van der Waals surface area contributed by atoms with Gasteiger partial charge < -0.3 is 5.43 Å². The van der Waals surface area contributed by atoms with Crippen LogP contribution in [0.4, 0.5) is 5.82 Å². The molecule has 0 unspecified atom stereocenters. The molecule has 2 aromatic rings. The lowest BCUT2D eigenvalue weighted by Gasteiger charge is -2.12. The molecular formula is C13H18N4S. The maximum atomic E-state index is 5.64. The van der Waals surface area contributed by atoms with Crippen molar-refractivity contribution < 1.29 is 0 Å². The second kappa shape index (κ2) is 4.48. The number of hydrogen-bond acceptors (Lipinski definition) is 5. The minimum absolute atomic E-state index is 0.320. The standard InChI is InChI=1S/C13H18N4S/c1-7(2)11-15-12(17-14)10-8-5-3-4-6-9(8)18-13(10)16-11/h7H,3-6,14H2,1-2H3,(H,15,16,17). The van der Waals surface area contributed by atoms with E-state index in [4.69, 9.17) is 10.8 Å². The molecule has 96 valence electrons.